The minimum atomic E-state index is -0.125. The van der Waals surface area contributed by atoms with Crippen molar-refractivity contribution < 1.29 is 4.79 Å². The average molecular weight is 307 g/mol. The number of anilines is 1. The number of fused-ring (bicyclic) bond motifs is 1. The molecule has 3 rings (SSSR count). The van der Waals surface area contributed by atoms with Crippen LogP contribution >= 0.6 is 22.9 Å². The number of thiophene rings is 1. The van der Waals surface area contributed by atoms with Crippen molar-refractivity contribution in [2.75, 3.05) is 5.73 Å². The van der Waals surface area contributed by atoms with Crippen molar-refractivity contribution in [3.63, 3.8) is 0 Å². The van der Waals surface area contributed by atoms with Crippen LogP contribution in [0.3, 0.4) is 0 Å². The van der Waals surface area contributed by atoms with E-state index in [2.05, 4.69) is 11.4 Å². The van der Waals surface area contributed by atoms with Gasteiger partial charge in [-0.1, -0.05) is 11.6 Å². The van der Waals surface area contributed by atoms with E-state index in [0.717, 1.165) is 0 Å². The second-order valence-electron chi connectivity index (χ2n) is 4.93. The molecule has 0 saturated carbocycles. The molecular weight excluding hydrogens is 292 g/mol. The molecule has 0 fully saturated rings. The van der Waals surface area contributed by atoms with E-state index in [1.165, 1.54) is 34.6 Å². The fourth-order valence-electron chi connectivity index (χ4n) is 2.42. The summed E-state index contributed by atoms with van der Waals surface area (Å²) in [5.41, 5.74) is 8.11. The zero-order valence-corrected chi connectivity index (χ0v) is 12.5. The van der Waals surface area contributed by atoms with E-state index < -0.39 is 0 Å². The lowest BCUT2D eigenvalue weighted by Gasteiger charge is -2.05. The Morgan fingerprint density at radius 3 is 2.95 bits per heavy atom. The van der Waals surface area contributed by atoms with E-state index in [0.29, 0.717) is 22.8 Å². The molecular formula is C15H15ClN2OS. The lowest BCUT2D eigenvalue weighted by Crippen LogP contribution is -2.22. The second kappa shape index (κ2) is 5.46. The van der Waals surface area contributed by atoms with Gasteiger partial charge in [-0.05, 0) is 49.1 Å². The number of nitrogens with two attached hydrogens (primary N) is 1. The van der Waals surface area contributed by atoms with Gasteiger partial charge in [0.15, 0.2) is 0 Å². The largest absolute Gasteiger partial charge is 0.398 e. The first kappa shape index (κ1) is 13.5. The third-order valence-electron chi connectivity index (χ3n) is 3.48. The van der Waals surface area contributed by atoms with E-state index in [1.807, 2.05) is 0 Å². The molecule has 1 heterocycles. The minimum Gasteiger partial charge on any atom is -0.398 e. The van der Waals surface area contributed by atoms with Gasteiger partial charge >= 0.3 is 0 Å². The van der Waals surface area contributed by atoms with Crippen LogP contribution in [0.1, 0.15) is 32.1 Å². The van der Waals surface area contributed by atoms with E-state index in [1.54, 1.807) is 29.5 Å². The number of hydrogen-bond donors (Lipinski definition) is 2. The molecule has 3 nitrogen and oxygen atoms in total. The van der Waals surface area contributed by atoms with Gasteiger partial charge in [0, 0.05) is 15.3 Å². The summed E-state index contributed by atoms with van der Waals surface area (Å²) in [7, 11) is 0. The Kier molecular flexibility index (Phi) is 3.68. The summed E-state index contributed by atoms with van der Waals surface area (Å²) in [4.78, 5) is 14.7. The highest BCUT2D eigenvalue weighted by Gasteiger charge is 2.15. The predicted molar refractivity (Wildman–Crippen MR) is 83.4 cm³/mol. The van der Waals surface area contributed by atoms with Crippen LogP contribution in [0.25, 0.3) is 0 Å². The van der Waals surface area contributed by atoms with Crippen LogP contribution in [0.2, 0.25) is 5.02 Å². The van der Waals surface area contributed by atoms with Crippen LogP contribution in [0.4, 0.5) is 5.69 Å². The predicted octanol–water partition coefficient (Wildman–Crippen LogP) is 3.40. The number of halogens is 1. The van der Waals surface area contributed by atoms with E-state index in [9.17, 15) is 4.79 Å². The van der Waals surface area contributed by atoms with Gasteiger partial charge in [-0.15, -0.1) is 11.3 Å². The summed E-state index contributed by atoms with van der Waals surface area (Å²) >= 11 is 7.73. The number of benzene rings is 1. The fourth-order valence-corrected chi connectivity index (χ4v) is 3.80. The minimum absolute atomic E-state index is 0.125. The van der Waals surface area contributed by atoms with Crippen molar-refractivity contribution in [2.45, 2.75) is 25.8 Å². The van der Waals surface area contributed by atoms with Gasteiger partial charge in [0.25, 0.3) is 5.91 Å². The average Bonchev–Trinajstić information content (AvgIpc) is 3.00. The van der Waals surface area contributed by atoms with Gasteiger partial charge in [-0.2, -0.15) is 0 Å². The Hall–Kier alpha value is -1.52. The molecule has 0 spiro atoms. The molecule has 104 valence electrons. The Morgan fingerprint density at radius 2 is 2.20 bits per heavy atom. The number of carbonyl (C=O) groups is 1. The van der Waals surface area contributed by atoms with Gasteiger partial charge in [-0.3, -0.25) is 4.79 Å². The molecule has 0 saturated heterocycles. The van der Waals surface area contributed by atoms with E-state index in [4.69, 9.17) is 17.3 Å². The van der Waals surface area contributed by atoms with Crippen LogP contribution in [0.5, 0.6) is 0 Å². The summed E-state index contributed by atoms with van der Waals surface area (Å²) in [5, 5.41) is 3.33. The smallest absolute Gasteiger partial charge is 0.251 e. The Morgan fingerprint density at radius 1 is 1.35 bits per heavy atom. The van der Waals surface area contributed by atoms with Gasteiger partial charge in [0.2, 0.25) is 0 Å². The van der Waals surface area contributed by atoms with Gasteiger partial charge in [0.05, 0.1) is 17.3 Å². The number of nitrogens with one attached hydrogen (secondary N) is 1. The SMILES string of the molecule is Nc1ccc(C(=O)NCc2cc3c(s2)CCC3)cc1Cl. The van der Waals surface area contributed by atoms with Crippen molar-refractivity contribution >= 4 is 34.5 Å². The summed E-state index contributed by atoms with van der Waals surface area (Å²) < 4.78 is 0. The first-order valence-electron chi connectivity index (χ1n) is 6.57. The standard InChI is InChI=1S/C15H15ClN2OS/c16-12-7-10(4-5-13(12)17)15(19)18-8-11-6-9-2-1-3-14(9)20-11/h4-7H,1-3,8,17H2,(H,18,19). The summed E-state index contributed by atoms with van der Waals surface area (Å²) in [5.74, 6) is -0.125. The van der Waals surface area contributed by atoms with Crippen LogP contribution in [-0.2, 0) is 19.4 Å². The molecule has 1 amide bonds. The number of carbonyl (C=O) groups excluding carboxylic acids is 1. The van der Waals surface area contributed by atoms with Crippen molar-refractivity contribution in [1.29, 1.82) is 0 Å². The molecule has 1 aliphatic rings. The van der Waals surface area contributed by atoms with E-state index >= 15 is 0 Å². The van der Waals surface area contributed by atoms with Gasteiger partial charge in [-0.25, -0.2) is 0 Å². The van der Waals surface area contributed by atoms with Crippen LogP contribution in [-0.4, -0.2) is 5.91 Å². The Labute approximate surface area is 126 Å². The van der Waals surface area contributed by atoms with Crippen molar-refractivity contribution in [2.24, 2.45) is 0 Å². The molecule has 5 heteroatoms. The zero-order valence-electron chi connectivity index (χ0n) is 10.9. The normalized spacial score (nSPS) is 13.2. The van der Waals surface area contributed by atoms with Crippen molar-refractivity contribution in [1.82, 2.24) is 5.32 Å². The maximum atomic E-state index is 12.1. The Balaban J connectivity index is 1.65. The van der Waals surface area contributed by atoms with Crippen molar-refractivity contribution in [3.8, 4) is 0 Å². The highest BCUT2D eigenvalue weighted by atomic mass is 35.5. The summed E-state index contributed by atoms with van der Waals surface area (Å²) in [6, 6.07) is 7.14. The maximum Gasteiger partial charge on any atom is 0.251 e. The highest BCUT2D eigenvalue weighted by Crippen LogP contribution is 2.30. The third-order valence-corrected chi connectivity index (χ3v) is 5.05. The molecule has 3 N–H and O–H groups in total. The number of nitrogen functional groups attached to an aromatic ring is 1. The number of hydrogen-bond acceptors (Lipinski definition) is 3. The van der Waals surface area contributed by atoms with Crippen LogP contribution in [0.15, 0.2) is 24.3 Å². The molecule has 1 aromatic heterocycles. The van der Waals surface area contributed by atoms with Gasteiger partial charge < -0.3 is 11.1 Å². The number of amides is 1. The lowest BCUT2D eigenvalue weighted by molar-refractivity contribution is 0.0951. The number of aryl methyl sites for hydroxylation is 2. The molecule has 0 radical (unpaired) electrons. The first-order valence-corrected chi connectivity index (χ1v) is 7.76. The lowest BCUT2D eigenvalue weighted by atomic mass is 10.2. The van der Waals surface area contributed by atoms with Gasteiger partial charge in [0.1, 0.15) is 0 Å². The molecule has 2 aromatic rings. The number of rotatable bonds is 3. The molecule has 0 atom stereocenters. The van der Waals surface area contributed by atoms with Crippen LogP contribution in [0, 0.1) is 0 Å². The monoisotopic (exact) mass is 306 g/mol. The van der Waals surface area contributed by atoms with E-state index in [-0.39, 0.29) is 5.91 Å². The first-order chi connectivity index (χ1) is 9.63. The molecule has 0 bridgehead atoms. The maximum absolute atomic E-state index is 12.1. The highest BCUT2D eigenvalue weighted by molar-refractivity contribution is 7.12. The molecule has 1 aliphatic carbocycles. The topological polar surface area (TPSA) is 55.1 Å². The third kappa shape index (κ3) is 2.67. The zero-order chi connectivity index (χ0) is 14.1. The quantitative estimate of drug-likeness (QED) is 0.854. The molecule has 0 aliphatic heterocycles. The van der Waals surface area contributed by atoms with Crippen LogP contribution < -0.4 is 11.1 Å². The summed E-state index contributed by atoms with van der Waals surface area (Å²) in [6.45, 7) is 0.568. The molecule has 0 unspecified atom stereocenters. The molecule has 1 aromatic carbocycles. The van der Waals surface area contributed by atoms with Crippen molar-refractivity contribution in [3.05, 3.63) is 50.2 Å². The second-order valence-corrected chi connectivity index (χ2v) is 6.56. The summed E-state index contributed by atoms with van der Waals surface area (Å²) in [6.07, 6.45) is 3.62. The Bertz CT molecular complexity index is 644. The fraction of sp³-hybridized carbons (Fsp3) is 0.267. The molecule has 20 heavy (non-hydrogen) atoms.